The van der Waals surface area contributed by atoms with E-state index in [-0.39, 0.29) is 0 Å². The van der Waals surface area contributed by atoms with Crippen LogP contribution < -0.4 is 5.32 Å². The van der Waals surface area contributed by atoms with Crippen LogP contribution in [0.1, 0.15) is 23.2 Å². The molecule has 3 nitrogen and oxygen atoms in total. The van der Waals surface area contributed by atoms with Gasteiger partial charge in [0.1, 0.15) is 5.82 Å². The Labute approximate surface area is 121 Å². The van der Waals surface area contributed by atoms with E-state index in [1.807, 2.05) is 7.05 Å². The van der Waals surface area contributed by atoms with Crippen LogP contribution in [0.15, 0.2) is 22.7 Å². The van der Waals surface area contributed by atoms with E-state index in [0.717, 1.165) is 34.5 Å². The topological polar surface area (TPSA) is 37.8 Å². The first-order chi connectivity index (χ1) is 9.19. The molecule has 0 aliphatic heterocycles. The molecule has 3 rings (SSSR count). The van der Waals surface area contributed by atoms with Crippen molar-refractivity contribution in [2.45, 2.75) is 26.2 Å². The van der Waals surface area contributed by atoms with E-state index in [0.29, 0.717) is 0 Å². The van der Waals surface area contributed by atoms with Crippen molar-refractivity contribution in [2.75, 3.05) is 12.4 Å². The van der Waals surface area contributed by atoms with E-state index < -0.39 is 0 Å². The van der Waals surface area contributed by atoms with Crippen molar-refractivity contribution in [3.05, 3.63) is 39.5 Å². The van der Waals surface area contributed by atoms with Crippen LogP contribution in [0.2, 0.25) is 0 Å². The monoisotopic (exact) mass is 317 g/mol. The number of hydrogen-bond donors (Lipinski definition) is 1. The van der Waals surface area contributed by atoms with Crippen LogP contribution in [0.3, 0.4) is 0 Å². The van der Waals surface area contributed by atoms with Crippen LogP contribution in [0, 0.1) is 6.92 Å². The van der Waals surface area contributed by atoms with Gasteiger partial charge in [0.15, 0.2) is 5.82 Å². The molecule has 0 bridgehead atoms. The maximum atomic E-state index is 4.73. The number of nitrogens with one attached hydrogen (secondary N) is 1. The Kier molecular flexibility index (Phi) is 3.27. The van der Waals surface area contributed by atoms with Gasteiger partial charge in [-0.3, -0.25) is 0 Å². The molecule has 1 aromatic carbocycles. The molecule has 0 saturated carbocycles. The number of fused-ring (bicyclic) bond motifs is 1. The SMILES string of the molecule is CNc1nc(-c2ccc(C)c(Br)c2)nc2c1CCC2. The molecular formula is C15H16BrN3. The molecule has 0 unspecified atom stereocenters. The summed E-state index contributed by atoms with van der Waals surface area (Å²) in [6, 6.07) is 6.26. The highest BCUT2D eigenvalue weighted by Crippen LogP contribution is 2.30. The molecule has 0 amide bonds. The number of rotatable bonds is 2. The minimum Gasteiger partial charge on any atom is -0.373 e. The van der Waals surface area contributed by atoms with Crippen LogP contribution in [0.25, 0.3) is 11.4 Å². The number of nitrogens with zero attached hydrogens (tertiary/aromatic N) is 2. The normalized spacial score (nSPS) is 13.4. The van der Waals surface area contributed by atoms with Gasteiger partial charge in [-0.05, 0) is 37.8 Å². The third-order valence-corrected chi connectivity index (χ3v) is 4.45. The number of aryl methyl sites for hydroxylation is 2. The van der Waals surface area contributed by atoms with E-state index in [2.05, 4.69) is 51.4 Å². The van der Waals surface area contributed by atoms with Crippen molar-refractivity contribution in [3.63, 3.8) is 0 Å². The number of hydrogen-bond acceptors (Lipinski definition) is 3. The molecule has 0 atom stereocenters. The van der Waals surface area contributed by atoms with Gasteiger partial charge in [-0.1, -0.05) is 28.1 Å². The largest absolute Gasteiger partial charge is 0.373 e. The maximum Gasteiger partial charge on any atom is 0.161 e. The average Bonchev–Trinajstić information content (AvgIpc) is 2.89. The van der Waals surface area contributed by atoms with Gasteiger partial charge in [-0.2, -0.15) is 0 Å². The Morgan fingerprint density at radius 1 is 1.21 bits per heavy atom. The highest BCUT2D eigenvalue weighted by Gasteiger charge is 2.19. The van der Waals surface area contributed by atoms with Crippen molar-refractivity contribution in [1.29, 1.82) is 0 Å². The van der Waals surface area contributed by atoms with Crippen LogP contribution in [-0.4, -0.2) is 17.0 Å². The summed E-state index contributed by atoms with van der Waals surface area (Å²) in [6.45, 7) is 2.08. The summed E-state index contributed by atoms with van der Waals surface area (Å²) in [7, 11) is 1.93. The predicted octanol–water partition coefficient (Wildman–Crippen LogP) is 3.74. The Bertz CT molecular complexity index is 638. The van der Waals surface area contributed by atoms with Gasteiger partial charge in [0.2, 0.25) is 0 Å². The fourth-order valence-electron chi connectivity index (χ4n) is 2.50. The average molecular weight is 318 g/mol. The molecule has 98 valence electrons. The lowest BCUT2D eigenvalue weighted by atomic mass is 10.1. The van der Waals surface area contributed by atoms with E-state index in [9.17, 15) is 0 Å². The molecule has 1 aromatic heterocycles. The second-order valence-corrected chi connectivity index (χ2v) is 5.74. The highest BCUT2D eigenvalue weighted by atomic mass is 79.9. The fraction of sp³-hybridized carbons (Fsp3) is 0.333. The summed E-state index contributed by atoms with van der Waals surface area (Å²) >= 11 is 3.57. The minimum absolute atomic E-state index is 0.811. The van der Waals surface area contributed by atoms with Crippen molar-refractivity contribution in [2.24, 2.45) is 0 Å². The standard InChI is InChI=1S/C15H16BrN3/c1-9-6-7-10(8-12(9)16)14-18-13-5-3-4-11(13)15(17-2)19-14/h6-8H,3-5H2,1-2H3,(H,17,18,19). The summed E-state index contributed by atoms with van der Waals surface area (Å²) in [5.74, 6) is 1.79. The molecular weight excluding hydrogens is 302 g/mol. The van der Waals surface area contributed by atoms with Gasteiger partial charge >= 0.3 is 0 Å². The van der Waals surface area contributed by atoms with Crippen LogP contribution in [-0.2, 0) is 12.8 Å². The number of benzene rings is 1. The maximum absolute atomic E-state index is 4.73. The second kappa shape index (κ2) is 4.93. The second-order valence-electron chi connectivity index (χ2n) is 4.89. The summed E-state index contributed by atoms with van der Waals surface area (Å²) in [4.78, 5) is 9.39. The lowest BCUT2D eigenvalue weighted by Crippen LogP contribution is -2.03. The van der Waals surface area contributed by atoms with E-state index in [1.54, 1.807) is 0 Å². The number of anilines is 1. The Balaban J connectivity index is 2.12. The quantitative estimate of drug-likeness (QED) is 0.916. The third-order valence-electron chi connectivity index (χ3n) is 3.60. The van der Waals surface area contributed by atoms with Gasteiger partial charge in [-0.15, -0.1) is 0 Å². The van der Waals surface area contributed by atoms with E-state index >= 15 is 0 Å². The van der Waals surface area contributed by atoms with E-state index in [4.69, 9.17) is 4.98 Å². The summed E-state index contributed by atoms with van der Waals surface area (Å²) in [5, 5.41) is 3.20. The van der Waals surface area contributed by atoms with Crippen molar-refractivity contribution in [1.82, 2.24) is 9.97 Å². The molecule has 19 heavy (non-hydrogen) atoms. The van der Waals surface area contributed by atoms with Gasteiger partial charge in [0, 0.05) is 28.3 Å². The summed E-state index contributed by atoms with van der Waals surface area (Å²) in [5.41, 5.74) is 4.77. The number of aromatic nitrogens is 2. The van der Waals surface area contributed by atoms with Gasteiger partial charge in [-0.25, -0.2) is 9.97 Å². The lowest BCUT2D eigenvalue weighted by Gasteiger charge is -2.10. The fourth-order valence-corrected chi connectivity index (χ4v) is 2.88. The van der Waals surface area contributed by atoms with Crippen LogP contribution >= 0.6 is 15.9 Å². The Morgan fingerprint density at radius 2 is 2.05 bits per heavy atom. The molecule has 4 heteroatoms. The zero-order chi connectivity index (χ0) is 13.4. The first kappa shape index (κ1) is 12.6. The van der Waals surface area contributed by atoms with Crippen LogP contribution in [0.5, 0.6) is 0 Å². The van der Waals surface area contributed by atoms with Gasteiger partial charge in [0.05, 0.1) is 0 Å². The van der Waals surface area contributed by atoms with Gasteiger partial charge < -0.3 is 5.32 Å². The Hall–Kier alpha value is -1.42. The van der Waals surface area contributed by atoms with Crippen molar-refractivity contribution in [3.8, 4) is 11.4 Å². The van der Waals surface area contributed by atoms with E-state index in [1.165, 1.54) is 23.2 Å². The first-order valence-corrected chi connectivity index (χ1v) is 7.32. The van der Waals surface area contributed by atoms with Gasteiger partial charge in [0.25, 0.3) is 0 Å². The van der Waals surface area contributed by atoms with Crippen molar-refractivity contribution < 1.29 is 0 Å². The molecule has 0 saturated heterocycles. The molecule has 1 aliphatic rings. The zero-order valence-electron chi connectivity index (χ0n) is 11.1. The minimum atomic E-state index is 0.811. The van der Waals surface area contributed by atoms with Crippen LogP contribution in [0.4, 0.5) is 5.82 Å². The Morgan fingerprint density at radius 3 is 2.79 bits per heavy atom. The molecule has 0 radical (unpaired) electrons. The zero-order valence-corrected chi connectivity index (χ0v) is 12.7. The molecule has 1 heterocycles. The molecule has 0 spiro atoms. The highest BCUT2D eigenvalue weighted by molar-refractivity contribution is 9.10. The molecule has 0 fully saturated rings. The summed E-state index contributed by atoms with van der Waals surface area (Å²) < 4.78 is 1.10. The molecule has 1 N–H and O–H groups in total. The predicted molar refractivity (Wildman–Crippen MR) is 81.5 cm³/mol. The lowest BCUT2D eigenvalue weighted by molar-refractivity contribution is 0.900. The first-order valence-electron chi connectivity index (χ1n) is 6.53. The molecule has 2 aromatic rings. The molecule has 1 aliphatic carbocycles. The summed E-state index contributed by atoms with van der Waals surface area (Å²) in [6.07, 6.45) is 3.33. The number of halogens is 1. The smallest absolute Gasteiger partial charge is 0.161 e. The third kappa shape index (κ3) is 2.25. The van der Waals surface area contributed by atoms with Crippen molar-refractivity contribution >= 4 is 21.7 Å².